The molecule has 2 rings (SSSR count). The summed E-state index contributed by atoms with van der Waals surface area (Å²) in [6.07, 6.45) is 1.77. The molecule has 3 heteroatoms. The maximum absolute atomic E-state index is 6.00. The normalized spacial score (nSPS) is 13.0. The average molecular weight is 284 g/mol. The molecule has 3 nitrogen and oxygen atoms in total. The van der Waals surface area contributed by atoms with Crippen LogP contribution in [0.4, 0.5) is 0 Å². The lowest BCUT2D eigenvalue weighted by Crippen LogP contribution is -2.12. The minimum absolute atomic E-state index is 0.0179. The van der Waals surface area contributed by atoms with Crippen molar-refractivity contribution < 1.29 is 4.74 Å². The van der Waals surface area contributed by atoms with Crippen molar-refractivity contribution in [3.05, 3.63) is 53.2 Å². The minimum Gasteiger partial charge on any atom is -0.439 e. The largest absolute Gasteiger partial charge is 0.439 e. The Morgan fingerprint density at radius 1 is 1.14 bits per heavy atom. The van der Waals surface area contributed by atoms with Crippen molar-refractivity contribution in [1.29, 1.82) is 0 Å². The molecule has 0 saturated heterocycles. The van der Waals surface area contributed by atoms with Gasteiger partial charge in [-0.15, -0.1) is 0 Å². The Hall–Kier alpha value is -1.87. The smallest absolute Gasteiger partial charge is 0.219 e. The van der Waals surface area contributed by atoms with E-state index in [1.54, 1.807) is 6.20 Å². The highest BCUT2D eigenvalue weighted by Crippen LogP contribution is 2.34. The first-order valence-electron chi connectivity index (χ1n) is 7.28. The Kier molecular flexibility index (Phi) is 4.33. The Bertz CT molecular complexity index is 610. The zero-order chi connectivity index (χ0) is 15.6. The summed E-state index contributed by atoms with van der Waals surface area (Å²) in [5.74, 6) is 1.46. The van der Waals surface area contributed by atoms with Gasteiger partial charge in [0.1, 0.15) is 5.75 Å². The maximum Gasteiger partial charge on any atom is 0.219 e. The summed E-state index contributed by atoms with van der Waals surface area (Å²) in [5.41, 5.74) is 9.21. The Morgan fingerprint density at radius 3 is 2.38 bits per heavy atom. The number of pyridine rings is 1. The first-order chi connectivity index (χ1) is 9.77. The van der Waals surface area contributed by atoms with Gasteiger partial charge < -0.3 is 10.5 Å². The van der Waals surface area contributed by atoms with Gasteiger partial charge in [-0.05, 0) is 36.5 Å². The van der Waals surface area contributed by atoms with Crippen LogP contribution in [0.15, 0.2) is 36.5 Å². The molecule has 1 aromatic carbocycles. The third-order valence-corrected chi connectivity index (χ3v) is 3.44. The van der Waals surface area contributed by atoms with Crippen LogP contribution in [-0.2, 0) is 5.41 Å². The van der Waals surface area contributed by atoms with E-state index in [-0.39, 0.29) is 11.5 Å². The lowest BCUT2D eigenvalue weighted by molar-refractivity contribution is 0.439. The average Bonchev–Trinajstić information content (AvgIpc) is 2.38. The van der Waals surface area contributed by atoms with Gasteiger partial charge in [-0.3, -0.25) is 0 Å². The molecular formula is C18H24N2O. The monoisotopic (exact) mass is 284 g/mol. The predicted molar refractivity (Wildman–Crippen MR) is 86.8 cm³/mol. The van der Waals surface area contributed by atoms with E-state index in [1.165, 1.54) is 11.1 Å². The van der Waals surface area contributed by atoms with Gasteiger partial charge in [-0.25, -0.2) is 4.98 Å². The Labute approximate surface area is 127 Å². The van der Waals surface area contributed by atoms with Crippen LogP contribution in [-0.4, -0.2) is 4.98 Å². The predicted octanol–water partition coefficient (Wildman–Crippen LogP) is 4.50. The second kappa shape index (κ2) is 5.86. The first-order valence-corrected chi connectivity index (χ1v) is 7.28. The molecule has 1 unspecified atom stereocenters. The quantitative estimate of drug-likeness (QED) is 0.902. The van der Waals surface area contributed by atoms with E-state index in [9.17, 15) is 0 Å². The molecule has 0 aliphatic carbocycles. The van der Waals surface area contributed by atoms with E-state index in [4.69, 9.17) is 10.5 Å². The summed E-state index contributed by atoms with van der Waals surface area (Å²) in [5, 5.41) is 0. The molecule has 0 spiro atoms. The molecule has 1 atom stereocenters. The maximum atomic E-state index is 6.00. The van der Waals surface area contributed by atoms with E-state index in [2.05, 4.69) is 50.9 Å². The number of nitrogens with two attached hydrogens (primary N) is 1. The fourth-order valence-corrected chi connectivity index (χ4v) is 2.17. The standard InChI is InChI=1S/C18H24N2O/c1-12-6-8-15(18(3,4)5)16(10-12)21-17-9-7-14(11-20-17)13(2)19/h6-11,13H,19H2,1-5H3. The molecule has 0 fully saturated rings. The molecule has 21 heavy (non-hydrogen) atoms. The van der Waals surface area contributed by atoms with Crippen molar-refractivity contribution in [3.63, 3.8) is 0 Å². The van der Waals surface area contributed by atoms with Crippen LogP contribution >= 0.6 is 0 Å². The number of ether oxygens (including phenoxy) is 1. The van der Waals surface area contributed by atoms with Gasteiger partial charge in [0.25, 0.3) is 0 Å². The lowest BCUT2D eigenvalue weighted by atomic mass is 9.86. The summed E-state index contributed by atoms with van der Waals surface area (Å²) in [4.78, 5) is 4.35. The highest BCUT2D eigenvalue weighted by Gasteiger charge is 2.19. The molecule has 2 N–H and O–H groups in total. The Morgan fingerprint density at radius 2 is 1.86 bits per heavy atom. The van der Waals surface area contributed by atoms with Crippen LogP contribution in [0.25, 0.3) is 0 Å². The van der Waals surface area contributed by atoms with E-state index >= 15 is 0 Å². The zero-order valence-corrected chi connectivity index (χ0v) is 13.5. The van der Waals surface area contributed by atoms with E-state index in [0.717, 1.165) is 11.3 Å². The molecular weight excluding hydrogens is 260 g/mol. The molecule has 112 valence electrons. The fourth-order valence-electron chi connectivity index (χ4n) is 2.17. The minimum atomic E-state index is -0.0179. The van der Waals surface area contributed by atoms with E-state index in [1.807, 2.05) is 19.1 Å². The first kappa shape index (κ1) is 15.5. The molecule has 0 radical (unpaired) electrons. The number of aromatic nitrogens is 1. The van der Waals surface area contributed by atoms with Crippen LogP contribution < -0.4 is 10.5 Å². The van der Waals surface area contributed by atoms with Crippen molar-refractivity contribution in [2.45, 2.75) is 46.1 Å². The van der Waals surface area contributed by atoms with Crippen molar-refractivity contribution in [1.82, 2.24) is 4.98 Å². The summed E-state index contributed by atoms with van der Waals surface area (Å²) < 4.78 is 6.00. The molecule has 0 saturated carbocycles. The van der Waals surface area contributed by atoms with Gasteiger partial charge >= 0.3 is 0 Å². The number of aryl methyl sites for hydroxylation is 1. The highest BCUT2D eigenvalue weighted by molar-refractivity contribution is 5.43. The number of nitrogens with zero attached hydrogens (tertiary/aromatic N) is 1. The van der Waals surface area contributed by atoms with E-state index in [0.29, 0.717) is 5.88 Å². The lowest BCUT2D eigenvalue weighted by Gasteiger charge is -2.23. The second-order valence-electron chi connectivity index (χ2n) is 6.57. The SMILES string of the molecule is Cc1ccc(C(C)(C)C)c(Oc2ccc(C(C)N)cn2)c1. The van der Waals surface area contributed by atoms with Crippen LogP contribution in [0.2, 0.25) is 0 Å². The third kappa shape index (κ3) is 3.82. The summed E-state index contributed by atoms with van der Waals surface area (Å²) in [7, 11) is 0. The molecule has 0 aliphatic rings. The van der Waals surface area contributed by atoms with Gasteiger partial charge in [0.2, 0.25) is 5.88 Å². The second-order valence-corrected chi connectivity index (χ2v) is 6.57. The van der Waals surface area contributed by atoms with Crippen molar-refractivity contribution >= 4 is 0 Å². The molecule has 0 amide bonds. The van der Waals surface area contributed by atoms with Crippen LogP contribution in [0.3, 0.4) is 0 Å². The topological polar surface area (TPSA) is 48.1 Å². The Balaban J connectivity index is 2.32. The van der Waals surface area contributed by atoms with Crippen LogP contribution in [0.5, 0.6) is 11.6 Å². The summed E-state index contributed by atoms with van der Waals surface area (Å²) in [6.45, 7) is 10.5. The van der Waals surface area contributed by atoms with Gasteiger partial charge in [0.15, 0.2) is 0 Å². The van der Waals surface area contributed by atoms with Crippen LogP contribution in [0, 0.1) is 6.92 Å². The third-order valence-electron chi connectivity index (χ3n) is 3.44. The fraction of sp³-hybridized carbons (Fsp3) is 0.389. The van der Waals surface area contributed by atoms with Gasteiger partial charge in [0.05, 0.1) is 0 Å². The van der Waals surface area contributed by atoms with E-state index < -0.39 is 0 Å². The summed E-state index contributed by atoms with van der Waals surface area (Å²) in [6, 6.07) is 10.1. The molecule has 2 aromatic rings. The van der Waals surface area contributed by atoms with Crippen molar-refractivity contribution in [3.8, 4) is 11.6 Å². The van der Waals surface area contributed by atoms with Crippen molar-refractivity contribution in [2.75, 3.05) is 0 Å². The number of benzene rings is 1. The van der Waals surface area contributed by atoms with Crippen molar-refractivity contribution in [2.24, 2.45) is 5.73 Å². The molecule has 1 aromatic heterocycles. The molecule has 0 aliphatic heterocycles. The number of hydrogen-bond donors (Lipinski definition) is 1. The molecule has 1 heterocycles. The van der Waals surface area contributed by atoms with Crippen LogP contribution in [0.1, 0.15) is 50.4 Å². The van der Waals surface area contributed by atoms with Gasteiger partial charge in [0, 0.05) is 23.9 Å². The summed E-state index contributed by atoms with van der Waals surface area (Å²) >= 11 is 0. The van der Waals surface area contributed by atoms with Gasteiger partial charge in [-0.1, -0.05) is 39.0 Å². The zero-order valence-electron chi connectivity index (χ0n) is 13.5. The molecule has 0 bridgehead atoms. The number of hydrogen-bond acceptors (Lipinski definition) is 3. The van der Waals surface area contributed by atoms with Gasteiger partial charge in [-0.2, -0.15) is 0 Å². The highest BCUT2D eigenvalue weighted by atomic mass is 16.5. The number of rotatable bonds is 3.